The highest BCUT2D eigenvalue weighted by atomic mass is 35.5. The van der Waals surface area contributed by atoms with Crippen LogP contribution in [0.5, 0.6) is 0 Å². The molecule has 1 aliphatic heterocycles. The van der Waals surface area contributed by atoms with E-state index in [0.717, 1.165) is 12.8 Å². The number of amides is 1. The van der Waals surface area contributed by atoms with Crippen LogP contribution in [0.15, 0.2) is 18.2 Å². The number of hydrogen-bond acceptors (Lipinski definition) is 2. The van der Waals surface area contributed by atoms with Gasteiger partial charge in [-0.05, 0) is 42.9 Å². The first-order valence-electron chi connectivity index (χ1n) is 7.39. The molecule has 2 rings (SSSR count). The van der Waals surface area contributed by atoms with Crippen molar-refractivity contribution in [2.24, 2.45) is 5.92 Å². The number of carbonyl (C=O) groups is 2. The molecule has 0 bridgehead atoms. The molecule has 1 saturated heterocycles. The number of carbonyl (C=O) groups excluding carboxylic acids is 1. The summed E-state index contributed by atoms with van der Waals surface area (Å²) in [5, 5.41) is 9.00. The van der Waals surface area contributed by atoms with Gasteiger partial charge in [0, 0.05) is 24.5 Å². The summed E-state index contributed by atoms with van der Waals surface area (Å²) < 4.78 is 13.0. The number of nitrogens with zero attached hydrogens (tertiary/aromatic N) is 1. The van der Waals surface area contributed by atoms with Crippen LogP contribution in [0.3, 0.4) is 0 Å². The molecule has 6 heteroatoms. The van der Waals surface area contributed by atoms with Crippen LogP contribution in [-0.4, -0.2) is 35.0 Å². The Balaban J connectivity index is 1.92. The number of carboxylic acid groups (broad SMARTS) is 1. The van der Waals surface area contributed by atoms with Gasteiger partial charge in [-0.3, -0.25) is 9.59 Å². The molecule has 120 valence electrons. The van der Waals surface area contributed by atoms with Crippen LogP contribution in [0.2, 0.25) is 5.02 Å². The van der Waals surface area contributed by atoms with Gasteiger partial charge in [0.15, 0.2) is 0 Å². The molecule has 0 radical (unpaired) electrons. The van der Waals surface area contributed by atoms with Crippen molar-refractivity contribution in [3.8, 4) is 0 Å². The van der Waals surface area contributed by atoms with Crippen molar-refractivity contribution >= 4 is 23.5 Å². The predicted molar refractivity (Wildman–Crippen MR) is 81.3 cm³/mol. The maximum Gasteiger partial charge on any atom is 0.303 e. The molecule has 1 fully saturated rings. The summed E-state index contributed by atoms with van der Waals surface area (Å²) in [6.45, 7) is 1.27. The molecule has 1 amide bonds. The van der Waals surface area contributed by atoms with E-state index in [1.807, 2.05) is 0 Å². The first-order chi connectivity index (χ1) is 10.5. The predicted octanol–water partition coefficient (Wildman–Crippen LogP) is 3.13. The van der Waals surface area contributed by atoms with E-state index >= 15 is 0 Å². The highest BCUT2D eigenvalue weighted by molar-refractivity contribution is 6.31. The zero-order chi connectivity index (χ0) is 16.1. The lowest BCUT2D eigenvalue weighted by atomic mass is 9.93. The summed E-state index contributed by atoms with van der Waals surface area (Å²) >= 11 is 5.95. The minimum absolute atomic E-state index is 0.0477. The number of carboxylic acids is 1. The van der Waals surface area contributed by atoms with Gasteiger partial charge in [0.1, 0.15) is 5.82 Å². The lowest BCUT2D eigenvalue weighted by Crippen LogP contribution is -2.40. The first-order valence-corrected chi connectivity index (χ1v) is 7.77. The van der Waals surface area contributed by atoms with Crippen LogP contribution in [0.25, 0.3) is 0 Å². The molecular weight excluding hydrogens is 309 g/mol. The molecule has 0 saturated carbocycles. The SMILES string of the molecule is O=C(O)CCC1CCCN(C(=O)Cc2ccc(F)cc2Cl)C1. The van der Waals surface area contributed by atoms with Crippen molar-refractivity contribution in [1.82, 2.24) is 4.90 Å². The Bertz CT molecular complexity index is 564. The van der Waals surface area contributed by atoms with E-state index < -0.39 is 11.8 Å². The molecule has 22 heavy (non-hydrogen) atoms. The summed E-state index contributed by atoms with van der Waals surface area (Å²) in [6, 6.07) is 4.03. The lowest BCUT2D eigenvalue weighted by molar-refractivity contribution is -0.137. The standard InChI is InChI=1S/C16H19ClFNO3/c17-14-9-13(18)5-4-12(14)8-15(20)19-7-1-2-11(10-19)3-6-16(21)22/h4-5,9,11H,1-3,6-8,10H2,(H,21,22). The Morgan fingerprint density at radius 3 is 2.86 bits per heavy atom. The second-order valence-electron chi connectivity index (χ2n) is 5.69. The van der Waals surface area contributed by atoms with Crippen molar-refractivity contribution < 1.29 is 19.1 Å². The van der Waals surface area contributed by atoms with Crippen LogP contribution in [-0.2, 0) is 16.0 Å². The molecule has 0 aliphatic carbocycles. The number of piperidine rings is 1. The number of likely N-dealkylation sites (tertiary alicyclic amines) is 1. The molecule has 0 aromatic heterocycles. The number of hydrogen-bond donors (Lipinski definition) is 1. The quantitative estimate of drug-likeness (QED) is 0.904. The third-order valence-corrected chi connectivity index (χ3v) is 4.35. The van der Waals surface area contributed by atoms with Crippen LogP contribution in [0.4, 0.5) is 4.39 Å². The fourth-order valence-corrected chi connectivity index (χ4v) is 3.03. The largest absolute Gasteiger partial charge is 0.481 e. The van der Waals surface area contributed by atoms with Crippen molar-refractivity contribution in [2.75, 3.05) is 13.1 Å². The van der Waals surface area contributed by atoms with E-state index in [-0.39, 0.29) is 29.7 Å². The fraction of sp³-hybridized carbons (Fsp3) is 0.500. The molecular formula is C16H19ClFNO3. The minimum atomic E-state index is -0.804. The maximum atomic E-state index is 13.0. The third kappa shape index (κ3) is 4.70. The van der Waals surface area contributed by atoms with Gasteiger partial charge in [0.25, 0.3) is 0 Å². The Hall–Kier alpha value is -1.62. The topological polar surface area (TPSA) is 57.6 Å². The van der Waals surface area contributed by atoms with E-state index in [4.69, 9.17) is 16.7 Å². The third-order valence-electron chi connectivity index (χ3n) is 3.99. The van der Waals surface area contributed by atoms with Gasteiger partial charge in [0.2, 0.25) is 5.91 Å². The Morgan fingerprint density at radius 2 is 2.18 bits per heavy atom. The van der Waals surface area contributed by atoms with Gasteiger partial charge in [0.05, 0.1) is 6.42 Å². The highest BCUT2D eigenvalue weighted by Crippen LogP contribution is 2.23. The van der Waals surface area contributed by atoms with E-state index in [1.54, 1.807) is 4.90 Å². The zero-order valence-electron chi connectivity index (χ0n) is 12.2. The van der Waals surface area contributed by atoms with Crippen molar-refractivity contribution in [3.63, 3.8) is 0 Å². The van der Waals surface area contributed by atoms with Crippen LogP contribution < -0.4 is 0 Å². The molecule has 1 aromatic carbocycles. The average molecular weight is 328 g/mol. The van der Waals surface area contributed by atoms with Crippen LogP contribution >= 0.6 is 11.6 Å². The molecule has 4 nitrogen and oxygen atoms in total. The van der Waals surface area contributed by atoms with Crippen LogP contribution in [0.1, 0.15) is 31.2 Å². The van der Waals surface area contributed by atoms with Gasteiger partial charge >= 0.3 is 5.97 Å². The zero-order valence-corrected chi connectivity index (χ0v) is 13.0. The second-order valence-corrected chi connectivity index (χ2v) is 6.10. The van der Waals surface area contributed by atoms with E-state index in [1.165, 1.54) is 18.2 Å². The van der Waals surface area contributed by atoms with E-state index in [2.05, 4.69) is 0 Å². The number of rotatable bonds is 5. The second kappa shape index (κ2) is 7.58. The highest BCUT2D eigenvalue weighted by Gasteiger charge is 2.24. The molecule has 0 spiro atoms. The lowest BCUT2D eigenvalue weighted by Gasteiger charge is -2.32. The fourth-order valence-electron chi connectivity index (χ4n) is 2.79. The molecule has 1 unspecified atom stereocenters. The molecule has 1 heterocycles. The normalized spacial score (nSPS) is 18.3. The van der Waals surface area contributed by atoms with E-state index in [0.29, 0.717) is 25.1 Å². The summed E-state index contributed by atoms with van der Waals surface area (Å²) in [5.41, 5.74) is 0.612. The summed E-state index contributed by atoms with van der Waals surface area (Å²) in [7, 11) is 0. The Labute approximate surface area is 133 Å². The van der Waals surface area contributed by atoms with E-state index in [9.17, 15) is 14.0 Å². The minimum Gasteiger partial charge on any atom is -0.481 e. The van der Waals surface area contributed by atoms with Gasteiger partial charge in [-0.15, -0.1) is 0 Å². The van der Waals surface area contributed by atoms with Crippen molar-refractivity contribution in [2.45, 2.75) is 32.1 Å². The summed E-state index contributed by atoms with van der Waals surface area (Å²) in [5.74, 6) is -1.04. The summed E-state index contributed by atoms with van der Waals surface area (Å²) in [4.78, 5) is 24.7. The average Bonchev–Trinajstić information content (AvgIpc) is 2.48. The Kier molecular flexibility index (Phi) is 5.77. The van der Waals surface area contributed by atoms with Crippen molar-refractivity contribution in [1.29, 1.82) is 0 Å². The van der Waals surface area contributed by atoms with Gasteiger partial charge in [-0.25, -0.2) is 4.39 Å². The van der Waals surface area contributed by atoms with Gasteiger partial charge in [-0.1, -0.05) is 17.7 Å². The molecule has 1 N–H and O–H groups in total. The number of halogens is 2. The smallest absolute Gasteiger partial charge is 0.303 e. The molecule has 1 aromatic rings. The molecule has 1 atom stereocenters. The maximum absolute atomic E-state index is 13.0. The number of aliphatic carboxylic acids is 1. The Morgan fingerprint density at radius 1 is 1.41 bits per heavy atom. The molecule has 1 aliphatic rings. The van der Waals surface area contributed by atoms with Crippen LogP contribution in [0, 0.1) is 11.7 Å². The van der Waals surface area contributed by atoms with Crippen molar-refractivity contribution in [3.05, 3.63) is 34.6 Å². The van der Waals surface area contributed by atoms with Gasteiger partial charge in [-0.2, -0.15) is 0 Å². The first kappa shape index (κ1) is 16.7. The number of benzene rings is 1. The summed E-state index contributed by atoms with van der Waals surface area (Å²) in [6.07, 6.45) is 2.71. The monoisotopic (exact) mass is 327 g/mol. The van der Waals surface area contributed by atoms with Gasteiger partial charge < -0.3 is 10.0 Å².